The van der Waals surface area contributed by atoms with E-state index in [2.05, 4.69) is 15.1 Å². The quantitative estimate of drug-likeness (QED) is 0.713. The third-order valence-corrected chi connectivity index (χ3v) is 4.55. The van der Waals surface area contributed by atoms with Crippen LogP contribution in [0, 0.1) is 0 Å². The Kier molecular flexibility index (Phi) is 4.26. The number of methoxy groups -OCH3 is 1. The Morgan fingerprint density at radius 3 is 3.04 bits per heavy atom. The number of amides is 1. The molecule has 8 heteroatoms. The van der Waals surface area contributed by atoms with Crippen LogP contribution < -0.4 is 4.74 Å². The Morgan fingerprint density at radius 2 is 2.19 bits per heavy atom. The van der Waals surface area contributed by atoms with Gasteiger partial charge < -0.3 is 14.4 Å². The first kappa shape index (κ1) is 16.5. The average molecular weight is 353 g/mol. The molecule has 8 nitrogen and oxygen atoms in total. The fourth-order valence-corrected chi connectivity index (χ4v) is 3.14. The van der Waals surface area contributed by atoms with Crippen molar-refractivity contribution >= 4 is 11.7 Å². The van der Waals surface area contributed by atoms with E-state index in [0.29, 0.717) is 30.2 Å². The van der Waals surface area contributed by atoms with Crippen LogP contribution in [0.4, 0.5) is 0 Å². The van der Waals surface area contributed by atoms with Gasteiger partial charge in [0.25, 0.3) is 11.7 Å². The lowest BCUT2D eigenvalue weighted by Gasteiger charge is -2.38. The molecular formula is C18H19N5O3. The maximum Gasteiger partial charge on any atom is 0.254 e. The largest absolute Gasteiger partial charge is 0.497 e. The zero-order chi connectivity index (χ0) is 18.1. The van der Waals surface area contributed by atoms with Gasteiger partial charge in [0.15, 0.2) is 0 Å². The lowest BCUT2D eigenvalue weighted by Crippen LogP contribution is -2.48. The van der Waals surface area contributed by atoms with E-state index < -0.39 is 0 Å². The highest BCUT2D eigenvalue weighted by atomic mass is 16.5. The summed E-state index contributed by atoms with van der Waals surface area (Å²) in [6.07, 6.45) is 2.83. The summed E-state index contributed by atoms with van der Waals surface area (Å²) in [5.74, 6) is 1.12. The van der Waals surface area contributed by atoms with Crippen molar-refractivity contribution in [2.75, 3.05) is 20.3 Å². The minimum absolute atomic E-state index is 0.0296. The van der Waals surface area contributed by atoms with Crippen molar-refractivity contribution in [3.63, 3.8) is 0 Å². The van der Waals surface area contributed by atoms with E-state index in [9.17, 15) is 4.79 Å². The molecule has 2 unspecified atom stereocenters. The topological polar surface area (TPSA) is 81.9 Å². The Balaban J connectivity index is 1.62. The van der Waals surface area contributed by atoms with E-state index in [-0.39, 0.29) is 18.1 Å². The summed E-state index contributed by atoms with van der Waals surface area (Å²) in [6.45, 7) is 2.85. The zero-order valence-electron chi connectivity index (χ0n) is 14.6. The molecule has 0 spiro atoms. The summed E-state index contributed by atoms with van der Waals surface area (Å²) < 4.78 is 12.9. The van der Waals surface area contributed by atoms with Crippen molar-refractivity contribution in [1.29, 1.82) is 0 Å². The van der Waals surface area contributed by atoms with Gasteiger partial charge in [0.05, 0.1) is 32.0 Å². The van der Waals surface area contributed by atoms with Crippen LogP contribution >= 0.6 is 0 Å². The summed E-state index contributed by atoms with van der Waals surface area (Å²) in [5, 5.41) is 4.21. The molecule has 1 aliphatic rings. The van der Waals surface area contributed by atoms with Gasteiger partial charge in [0, 0.05) is 11.8 Å². The van der Waals surface area contributed by atoms with E-state index in [1.807, 2.05) is 30.0 Å². The highest BCUT2D eigenvalue weighted by molar-refractivity contribution is 5.95. The van der Waals surface area contributed by atoms with Crippen molar-refractivity contribution < 1.29 is 14.3 Å². The molecule has 0 aliphatic carbocycles. The van der Waals surface area contributed by atoms with Crippen LogP contribution in [0.15, 0.2) is 42.9 Å². The first-order valence-electron chi connectivity index (χ1n) is 8.38. The number of nitrogens with zero attached hydrogens (tertiary/aromatic N) is 5. The number of carbonyl (C=O) groups excluding carboxylic acids is 1. The summed E-state index contributed by atoms with van der Waals surface area (Å²) in [5.41, 5.74) is 1.42. The van der Waals surface area contributed by atoms with Crippen molar-refractivity contribution in [2.45, 2.75) is 19.1 Å². The highest BCUT2D eigenvalue weighted by Crippen LogP contribution is 2.26. The third kappa shape index (κ3) is 2.88. The molecule has 1 aromatic carbocycles. The predicted octanol–water partition coefficient (Wildman–Crippen LogP) is 1.74. The summed E-state index contributed by atoms with van der Waals surface area (Å²) in [4.78, 5) is 23.1. The van der Waals surface area contributed by atoms with Gasteiger partial charge in [0.2, 0.25) is 0 Å². The van der Waals surface area contributed by atoms with Crippen LogP contribution in [0.2, 0.25) is 0 Å². The Hall–Kier alpha value is -3.00. The van der Waals surface area contributed by atoms with Gasteiger partial charge in [-0.05, 0) is 31.2 Å². The third-order valence-electron chi connectivity index (χ3n) is 4.55. The van der Waals surface area contributed by atoms with Gasteiger partial charge in [-0.15, -0.1) is 0 Å². The van der Waals surface area contributed by atoms with Crippen molar-refractivity contribution in [1.82, 2.24) is 24.5 Å². The van der Waals surface area contributed by atoms with E-state index in [4.69, 9.17) is 9.47 Å². The van der Waals surface area contributed by atoms with Crippen molar-refractivity contribution in [3.8, 4) is 5.75 Å². The normalized spacial score (nSPS) is 20.3. The maximum absolute atomic E-state index is 13.0. The fraction of sp³-hybridized carbons (Fsp3) is 0.333. The van der Waals surface area contributed by atoms with Crippen LogP contribution in [0.1, 0.15) is 29.1 Å². The molecule has 1 aliphatic heterocycles. The summed E-state index contributed by atoms with van der Waals surface area (Å²) >= 11 is 0. The first-order valence-corrected chi connectivity index (χ1v) is 8.38. The van der Waals surface area contributed by atoms with E-state index in [1.165, 1.54) is 6.33 Å². The second kappa shape index (κ2) is 6.72. The lowest BCUT2D eigenvalue weighted by atomic mass is 10.1. The van der Waals surface area contributed by atoms with E-state index in [0.717, 1.165) is 5.69 Å². The number of fused-ring (bicyclic) bond motifs is 1. The minimum atomic E-state index is -0.298. The summed E-state index contributed by atoms with van der Waals surface area (Å²) in [7, 11) is 1.59. The first-order chi connectivity index (χ1) is 12.7. The molecule has 134 valence electrons. The van der Waals surface area contributed by atoms with Crippen LogP contribution in [-0.4, -0.2) is 56.7 Å². The van der Waals surface area contributed by atoms with Crippen molar-refractivity contribution in [3.05, 3.63) is 54.1 Å². The van der Waals surface area contributed by atoms with Gasteiger partial charge in [0.1, 0.15) is 18.2 Å². The molecule has 0 bridgehead atoms. The van der Waals surface area contributed by atoms with Crippen LogP contribution in [0.3, 0.4) is 0 Å². The Labute approximate surface area is 150 Å². The van der Waals surface area contributed by atoms with Gasteiger partial charge in [-0.2, -0.15) is 14.6 Å². The number of hydrogen-bond donors (Lipinski definition) is 0. The smallest absolute Gasteiger partial charge is 0.254 e. The maximum atomic E-state index is 13.0. The predicted molar refractivity (Wildman–Crippen MR) is 93.0 cm³/mol. The molecule has 1 fully saturated rings. The zero-order valence-corrected chi connectivity index (χ0v) is 14.6. The highest BCUT2D eigenvalue weighted by Gasteiger charge is 2.32. The standard InChI is InChI=1S/C18H19N5O3/c1-12-10-26-16(15-6-7-19-18-20-11-21-23(15)18)9-22(12)17(24)13-4-3-5-14(8-13)25-2/h3-8,11-12,16H,9-10H2,1-2H3. The molecule has 1 saturated heterocycles. The number of hydrogen-bond acceptors (Lipinski definition) is 6. The molecule has 0 radical (unpaired) electrons. The number of morpholine rings is 1. The molecule has 3 heterocycles. The second-order valence-electron chi connectivity index (χ2n) is 6.20. The Morgan fingerprint density at radius 1 is 1.31 bits per heavy atom. The number of rotatable bonds is 3. The number of carbonyl (C=O) groups is 1. The number of aromatic nitrogens is 4. The van der Waals surface area contributed by atoms with Crippen LogP contribution in [0.25, 0.3) is 5.78 Å². The average Bonchev–Trinajstić information content (AvgIpc) is 3.17. The van der Waals surface area contributed by atoms with Gasteiger partial charge in [-0.3, -0.25) is 4.79 Å². The van der Waals surface area contributed by atoms with Crippen LogP contribution in [-0.2, 0) is 4.74 Å². The van der Waals surface area contributed by atoms with E-state index >= 15 is 0 Å². The molecule has 2 atom stereocenters. The van der Waals surface area contributed by atoms with Gasteiger partial charge in [-0.1, -0.05) is 6.07 Å². The van der Waals surface area contributed by atoms with E-state index in [1.54, 1.807) is 30.0 Å². The molecular weight excluding hydrogens is 334 g/mol. The molecule has 0 saturated carbocycles. The SMILES string of the molecule is COc1cccc(C(=O)N2CC(c3ccnc4ncnn34)OCC2C)c1. The summed E-state index contributed by atoms with van der Waals surface area (Å²) in [6, 6.07) is 9.00. The van der Waals surface area contributed by atoms with Crippen LogP contribution in [0.5, 0.6) is 5.75 Å². The second-order valence-corrected chi connectivity index (χ2v) is 6.20. The minimum Gasteiger partial charge on any atom is -0.497 e. The molecule has 1 amide bonds. The lowest BCUT2D eigenvalue weighted by molar-refractivity contribution is -0.0512. The Bertz CT molecular complexity index is 941. The van der Waals surface area contributed by atoms with Gasteiger partial charge in [-0.25, -0.2) is 4.98 Å². The molecule has 4 rings (SSSR count). The number of benzene rings is 1. The molecule has 2 aromatic heterocycles. The number of ether oxygens (including phenoxy) is 2. The fourth-order valence-electron chi connectivity index (χ4n) is 3.14. The molecule has 26 heavy (non-hydrogen) atoms. The van der Waals surface area contributed by atoms with Gasteiger partial charge >= 0.3 is 0 Å². The molecule has 3 aromatic rings. The monoisotopic (exact) mass is 353 g/mol. The molecule has 0 N–H and O–H groups in total. The van der Waals surface area contributed by atoms with Crippen molar-refractivity contribution in [2.24, 2.45) is 0 Å².